The van der Waals surface area contributed by atoms with Gasteiger partial charge in [0.25, 0.3) is 0 Å². The number of amides is 1. The molecule has 2 fully saturated rings. The van der Waals surface area contributed by atoms with Gasteiger partial charge in [-0.3, -0.25) is 14.7 Å². The number of hydrogen-bond donors (Lipinski definition) is 1. The van der Waals surface area contributed by atoms with Crippen molar-refractivity contribution in [1.82, 2.24) is 15.2 Å². The molecule has 0 bridgehead atoms. The Morgan fingerprint density at radius 3 is 3.12 bits per heavy atom. The van der Waals surface area contributed by atoms with E-state index in [1.54, 1.807) is 12.4 Å². The Morgan fingerprint density at radius 2 is 2.36 bits per heavy atom. The van der Waals surface area contributed by atoms with Crippen molar-refractivity contribution in [2.24, 2.45) is 11.3 Å². The first kappa shape index (κ1) is 16.1. The van der Waals surface area contributed by atoms with Gasteiger partial charge in [-0.1, -0.05) is 0 Å². The summed E-state index contributed by atoms with van der Waals surface area (Å²) in [5.41, 5.74) is -0.357. The van der Waals surface area contributed by atoms with Crippen molar-refractivity contribution < 1.29 is 13.9 Å². The van der Waals surface area contributed by atoms with Crippen LogP contribution in [-0.2, 0) is 11.3 Å². The summed E-state index contributed by atoms with van der Waals surface area (Å²) < 4.78 is 11.6. The molecule has 4 heterocycles. The molecule has 2 aliphatic heterocycles. The van der Waals surface area contributed by atoms with Gasteiger partial charge in [0.2, 0.25) is 5.91 Å². The Hall–Kier alpha value is -2.34. The molecule has 25 heavy (non-hydrogen) atoms. The summed E-state index contributed by atoms with van der Waals surface area (Å²) >= 11 is 0. The molecule has 1 amide bonds. The zero-order chi connectivity index (χ0) is 17.3. The fraction of sp³-hybridized carbons (Fsp3) is 0.474. The van der Waals surface area contributed by atoms with Crippen molar-refractivity contribution in [3.05, 3.63) is 48.2 Å². The Balaban J connectivity index is 1.42. The lowest BCUT2D eigenvalue weighted by Gasteiger charge is -2.28. The van der Waals surface area contributed by atoms with Crippen molar-refractivity contribution in [1.29, 1.82) is 0 Å². The summed E-state index contributed by atoms with van der Waals surface area (Å²) in [5.74, 6) is 2.95. The van der Waals surface area contributed by atoms with E-state index < -0.39 is 0 Å². The number of nitrogens with zero attached hydrogens (tertiary/aromatic N) is 2. The minimum absolute atomic E-state index is 0.158. The second kappa shape index (κ2) is 6.52. The third-order valence-corrected chi connectivity index (χ3v) is 5.38. The van der Waals surface area contributed by atoms with Gasteiger partial charge < -0.3 is 14.5 Å². The molecule has 1 N–H and O–H groups in total. The van der Waals surface area contributed by atoms with E-state index >= 15 is 0 Å². The fourth-order valence-electron chi connectivity index (χ4n) is 3.98. The summed E-state index contributed by atoms with van der Waals surface area (Å²) in [6.07, 6.45) is 4.29. The second-order valence-corrected chi connectivity index (χ2v) is 7.04. The topological polar surface area (TPSA) is 67.6 Å². The SMILES string of the molecule is Cc1ccc(CN2CC[C@]3(C2)C(=O)NC[C@@H]3COc2cccnc2)o1. The Kier molecular flexibility index (Phi) is 4.21. The smallest absolute Gasteiger partial charge is 0.228 e. The van der Waals surface area contributed by atoms with E-state index in [2.05, 4.69) is 15.2 Å². The third-order valence-electron chi connectivity index (χ3n) is 5.38. The largest absolute Gasteiger partial charge is 0.492 e. The van der Waals surface area contributed by atoms with E-state index in [-0.39, 0.29) is 17.2 Å². The van der Waals surface area contributed by atoms with Crippen LogP contribution >= 0.6 is 0 Å². The van der Waals surface area contributed by atoms with Gasteiger partial charge in [0.05, 0.1) is 24.8 Å². The van der Waals surface area contributed by atoms with Crippen LogP contribution in [0.1, 0.15) is 17.9 Å². The van der Waals surface area contributed by atoms with Crippen molar-refractivity contribution in [3.8, 4) is 5.75 Å². The van der Waals surface area contributed by atoms with Gasteiger partial charge in [0.15, 0.2) is 0 Å². The number of furan rings is 1. The molecule has 1 spiro atoms. The maximum atomic E-state index is 12.6. The predicted octanol–water partition coefficient (Wildman–Crippen LogP) is 2.00. The van der Waals surface area contributed by atoms with Gasteiger partial charge in [0.1, 0.15) is 17.3 Å². The van der Waals surface area contributed by atoms with Crippen molar-refractivity contribution in [2.75, 3.05) is 26.2 Å². The number of likely N-dealkylation sites (tertiary alicyclic amines) is 1. The molecule has 0 aliphatic carbocycles. The first-order valence-corrected chi connectivity index (χ1v) is 8.74. The van der Waals surface area contributed by atoms with Crippen LogP contribution in [0.4, 0.5) is 0 Å². The van der Waals surface area contributed by atoms with E-state index in [0.29, 0.717) is 13.2 Å². The third kappa shape index (κ3) is 3.14. The molecule has 2 saturated heterocycles. The number of carbonyl (C=O) groups excluding carboxylic acids is 1. The maximum Gasteiger partial charge on any atom is 0.228 e. The molecule has 2 atom stereocenters. The molecule has 2 aliphatic rings. The average Bonchev–Trinajstić information content (AvgIpc) is 3.30. The number of aromatic nitrogens is 1. The zero-order valence-corrected chi connectivity index (χ0v) is 14.4. The van der Waals surface area contributed by atoms with Gasteiger partial charge >= 0.3 is 0 Å². The van der Waals surface area contributed by atoms with E-state index in [0.717, 1.165) is 43.3 Å². The van der Waals surface area contributed by atoms with E-state index in [9.17, 15) is 4.79 Å². The van der Waals surface area contributed by atoms with Crippen LogP contribution in [0.5, 0.6) is 5.75 Å². The molecule has 4 rings (SSSR count). The highest BCUT2D eigenvalue weighted by molar-refractivity contribution is 5.86. The first-order chi connectivity index (χ1) is 12.2. The molecule has 6 nitrogen and oxygen atoms in total. The molecule has 0 unspecified atom stereocenters. The Morgan fingerprint density at radius 1 is 1.44 bits per heavy atom. The maximum absolute atomic E-state index is 12.6. The van der Waals surface area contributed by atoms with Crippen LogP contribution in [0.3, 0.4) is 0 Å². The van der Waals surface area contributed by atoms with Crippen molar-refractivity contribution >= 4 is 5.91 Å². The van der Waals surface area contributed by atoms with E-state index in [1.165, 1.54) is 0 Å². The average molecular weight is 341 g/mol. The Bertz CT molecular complexity index is 745. The molecular formula is C19H23N3O3. The summed E-state index contributed by atoms with van der Waals surface area (Å²) in [6, 6.07) is 7.74. The lowest BCUT2D eigenvalue weighted by atomic mass is 9.77. The molecule has 0 aromatic carbocycles. The standard InChI is InChI=1S/C19H23N3O3/c1-14-4-5-17(25-14)11-22-8-6-19(13-22)15(9-21-18(19)23)12-24-16-3-2-7-20-10-16/h2-5,7,10,15H,6,8-9,11-13H2,1H3,(H,21,23)/t15-,19-/m1/s1. The fourth-order valence-corrected chi connectivity index (χ4v) is 3.98. The van der Waals surface area contributed by atoms with Crippen LogP contribution in [0.2, 0.25) is 0 Å². The lowest BCUT2D eigenvalue weighted by molar-refractivity contribution is -0.128. The van der Waals surface area contributed by atoms with Gasteiger partial charge in [-0.05, 0) is 44.2 Å². The number of aryl methyl sites for hydroxylation is 1. The van der Waals surface area contributed by atoms with Crippen LogP contribution < -0.4 is 10.1 Å². The number of pyridine rings is 1. The summed E-state index contributed by atoms with van der Waals surface area (Å²) in [7, 11) is 0. The predicted molar refractivity (Wildman–Crippen MR) is 92.0 cm³/mol. The minimum Gasteiger partial charge on any atom is -0.492 e. The molecule has 2 aromatic heterocycles. The van der Waals surface area contributed by atoms with Gasteiger partial charge in [-0.25, -0.2) is 0 Å². The van der Waals surface area contributed by atoms with Gasteiger partial charge in [-0.2, -0.15) is 0 Å². The number of hydrogen-bond acceptors (Lipinski definition) is 5. The van der Waals surface area contributed by atoms with E-state index in [1.807, 2.05) is 31.2 Å². The monoisotopic (exact) mass is 341 g/mol. The second-order valence-electron chi connectivity index (χ2n) is 7.04. The van der Waals surface area contributed by atoms with E-state index in [4.69, 9.17) is 9.15 Å². The van der Waals surface area contributed by atoms with Crippen LogP contribution in [0.15, 0.2) is 41.1 Å². The number of rotatable bonds is 5. The normalized spacial score (nSPS) is 26.3. The van der Waals surface area contributed by atoms with Crippen molar-refractivity contribution in [2.45, 2.75) is 19.9 Å². The van der Waals surface area contributed by atoms with Crippen LogP contribution in [0, 0.1) is 18.3 Å². The Labute approximate surface area is 147 Å². The first-order valence-electron chi connectivity index (χ1n) is 8.74. The minimum atomic E-state index is -0.357. The summed E-state index contributed by atoms with van der Waals surface area (Å²) in [5, 5.41) is 3.04. The lowest BCUT2D eigenvalue weighted by Crippen LogP contribution is -2.40. The number of nitrogens with one attached hydrogen (secondary N) is 1. The van der Waals surface area contributed by atoms with Crippen LogP contribution in [-0.4, -0.2) is 42.0 Å². The molecule has 2 aromatic rings. The highest BCUT2D eigenvalue weighted by Crippen LogP contribution is 2.42. The van der Waals surface area contributed by atoms with Crippen LogP contribution in [0.25, 0.3) is 0 Å². The number of carbonyl (C=O) groups is 1. The molecule has 0 saturated carbocycles. The van der Waals surface area contributed by atoms with Gasteiger partial charge in [0, 0.05) is 25.2 Å². The molecule has 0 radical (unpaired) electrons. The van der Waals surface area contributed by atoms with Gasteiger partial charge in [-0.15, -0.1) is 0 Å². The number of ether oxygens (including phenoxy) is 1. The molecule has 132 valence electrons. The zero-order valence-electron chi connectivity index (χ0n) is 14.4. The molecule has 6 heteroatoms. The highest BCUT2D eigenvalue weighted by Gasteiger charge is 2.54. The summed E-state index contributed by atoms with van der Waals surface area (Å²) in [6.45, 7) is 5.55. The van der Waals surface area contributed by atoms with Crippen molar-refractivity contribution in [3.63, 3.8) is 0 Å². The molecular weight excluding hydrogens is 318 g/mol. The quantitative estimate of drug-likeness (QED) is 0.901. The highest BCUT2D eigenvalue weighted by atomic mass is 16.5. The summed E-state index contributed by atoms with van der Waals surface area (Å²) in [4.78, 5) is 19.0.